The molecule has 2 heterocycles. The molecule has 0 aromatic heterocycles. The van der Waals surface area contributed by atoms with Gasteiger partial charge in [0.25, 0.3) is 0 Å². The van der Waals surface area contributed by atoms with Crippen LogP contribution >= 0.6 is 0 Å². The van der Waals surface area contributed by atoms with Crippen molar-refractivity contribution < 1.29 is 14.5 Å². The molecule has 0 radical (unpaired) electrons. The van der Waals surface area contributed by atoms with E-state index in [4.69, 9.17) is 10.4 Å². The van der Waals surface area contributed by atoms with Gasteiger partial charge in [-0.25, -0.2) is 0 Å². The van der Waals surface area contributed by atoms with Crippen molar-refractivity contribution in [3.05, 3.63) is 89.0 Å². The summed E-state index contributed by atoms with van der Waals surface area (Å²) >= 11 is 0. The van der Waals surface area contributed by atoms with E-state index in [1.54, 1.807) is 12.1 Å². The van der Waals surface area contributed by atoms with Crippen molar-refractivity contribution in [1.82, 2.24) is 4.90 Å². The van der Waals surface area contributed by atoms with Gasteiger partial charge >= 0.3 is 7.12 Å². The molecule has 5 rings (SSSR count). The summed E-state index contributed by atoms with van der Waals surface area (Å²) in [5.74, 6) is 0.743. The van der Waals surface area contributed by atoms with Gasteiger partial charge in [-0.05, 0) is 78.2 Å². The van der Waals surface area contributed by atoms with Crippen LogP contribution < -0.4 is 11.2 Å². The Bertz CT molecular complexity index is 1080. The highest BCUT2D eigenvalue weighted by molar-refractivity contribution is 6.61. The third-order valence-corrected chi connectivity index (χ3v) is 6.56. The van der Waals surface area contributed by atoms with Crippen LogP contribution in [0, 0.1) is 0 Å². The smallest absolute Gasteiger partial charge is 0.423 e. The molecule has 3 aromatic carbocycles. The molecule has 0 aliphatic carbocycles. The number of benzene rings is 3. The molecule has 2 aliphatic rings. The Morgan fingerprint density at radius 1 is 1.06 bits per heavy atom. The normalized spacial score (nSPS) is 16.2. The quantitative estimate of drug-likeness (QED) is 0.479. The molecule has 170 valence electrons. The molecule has 1 saturated heterocycles. The van der Waals surface area contributed by atoms with E-state index in [0.717, 1.165) is 34.4 Å². The van der Waals surface area contributed by atoms with Crippen LogP contribution in [-0.2, 0) is 17.8 Å². The Hall–Kier alpha value is -2.77. The van der Waals surface area contributed by atoms with Crippen molar-refractivity contribution >= 4 is 18.9 Å². The van der Waals surface area contributed by atoms with Crippen molar-refractivity contribution in [3.63, 3.8) is 0 Å². The molecule has 2 aliphatic heterocycles. The van der Waals surface area contributed by atoms with E-state index >= 15 is 0 Å². The lowest BCUT2D eigenvalue weighted by Crippen LogP contribution is -2.29. The van der Waals surface area contributed by atoms with Gasteiger partial charge in [-0.2, -0.15) is 0 Å². The Labute approximate surface area is 196 Å². The fraction of sp³-hybridized carbons (Fsp3) is 0.296. The van der Waals surface area contributed by atoms with Crippen molar-refractivity contribution in [1.29, 1.82) is 0 Å². The molecule has 33 heavy (non-hydrogen) atoms. The summed E-state index contributed by atoms with van der Waals surface area (Å²) in [4.78, 5) is 13.0. The van der Waals surface area contributed by atoms with Crippen LogP contribution in [0.2, 0.25) is 0 Å². The van der Waals surface area contributed by atoms with Gasteiger partial charge < -0.3 is 20.3 Å². The van der Waals surface area contributed by atoms with E-state index in [2.05, 4.69) is 36.2 Å². The number of hydrogen-bond donors (Lipinski definition) is 2. The van der Waals surface area contributed by atoms with Gasteiger partial charge in [-0.15, -0.1) is 0 Å². The van der Waals surface area contributed by atoms with Gasteiger partial charge in [0.2, 0.25) is 0 Å². The number of nitrogens with two attached hydrogens (primary N) is 1. The second kappa shape index (κ2) is 10.9. The summed E-state index contributed by atoms with van der Waals surface area (Å²) in [5.41, 5.74) is 13.0. The van der Waals surface area contributed by atoms with Gasteiger partial charge in [0.1, 0.15) is 6.29 Å². The molecule has 0 unspecified atom stereocenters. The SMILES string of the molecule is CN1CCC(c2cccc(CN)c2)CC1.O=Cc1ccc(-c2ccc3c(c2)COB3O)cc1. The number of fused-ring (bicyclic) bond motifs is 1. The summed E-state index contributed by atoms with van der Waals surface area (Å²) in [6, 6.07) is 22.0. The molecule has 0 amide bonds. The number of carbonyl (C=O) groups is 1. The average Bonchev–Trinajstić information content (AvgIpc) is 3.25. The maximum atomic E-state index is 10.6. The van der Waals surface area contributed by atoms with E-state index in [1.807, 2.05) is 30.3 Å². The maximum Gasteiger partial charge on any atom is 0.491 e. The first-order valence-electron chi connectivity index (χ1n) is 11.5. The highest BCUT2D eigenvalue weighted by Crippen LogP contribution is 2.28. The summed E-state index contributed by atoms with van der Waals surface area (Å²) < 4.78 is 5.16. The van der Waals surface area contributed by atoms with Crippen molar-refractivity contribution in [3.8, 4) is 11.1 Å². The van der Waals surface area contributed by atoms with Crippen LogP contribution in [0.1, 0.15) is 45.8 Å². The number of piperidine rings is 1. The molecular formula is C27H31BN2O3. The number of likely N-dealkylation sites (tertiary alicyclic amines) is 1. The van der Waals surface area contributed by atoms with Crippen LogP contribution in [0.5, 0.6) is 0 Å². The molecular weight excluding hydrogens is 411 g/mol. The number of carbonyl (C=O) groups excluding carboxylic acids is 1. The maximum absolute atomic E-state index is 10.6. The van der Waals surface area contributed by atoms with Crippen LogP contribution in [0.15, 0.2) is 66.7 Å². The number of rotatable bonds is 4. The zero-order valence-electron chi connectivity index (χ0n) is 19.1. The molecule has 0 atom stereocenters. The molecule has 3 N–H and O–H groups in total. The van der Waals surface area contributed by atoms with Crippen LogP contribution in [-0.4, -0.2) is 43.5 Å². The van der Waals surface area contributed by atoms with Crippen molar-refractivity contribution in [2.24, 2.45) is 5.73 Å². The minimum absolute atomic E-state index is 0.441. The molecule has 6 heteroatoms. The van der Waals surface area contributed by atoms with Gasteiger partial charge in [0.05, 0.1) is 6.61 Å². The fourth-order valence-electron chi connectivity index (χ4n) is 4.48. The second-order valence-corrected chi connectivity index (χ2v) is 8.84. The lowest BCUT2D eigenvalue weighted by molar-refractivity contribution is 0.112. The zero-order valence-corrected chi connectivity index (χ0v) is 19.1. The van der Waals surface area contributed by atoms with Crippen LogP contribution in [0.3, 0.4) is 0 Å². The van der Waals surface area contributed by atoms with Crippen LogP contribution in [0.4, 0.5) is 0 Å². The number of nitrogens with zero attached hydrogens (tertiary/aromatic N) is 1. The van der Waals surface area contributed by atoms with Gasteiger partial charge in [-0.3, -0.25) is 4.79 Å². The largest absolute Gasteiger partial charge is 0.491 e. The molecule has 0 saturated carbocycles. The van der Waals surface area contributed by atoms with E-state index in [9.17, 15) is 9.82 Å². The third kappa shape index (κ3) is 5.78. The topological polar surface area (TPSA) is 75.8 Å². The summed E-state index contributed by atoms with van der Waals surface area (Å²) in [6.07, 6.45) is 3.39. The summed E-state index contributed by atoms with van der Waals surface area (Å²) in [5, 5.41) is 9.55. The minimum atomic E-state index is -0.800. The molecule has 0 spiro atoms. The fourth-order valence-corrected chi connectivity index (χ4v) is 4.48. The minimum Gasteiger partial charge on any atom is -0.423 e. The summed E-state index contributed by atoms with van der Waals surface area (Å²) in [6.45, 7) is 3.53. The van der Waals surface area contributed by atoms with Crippen LogP contribution in [0.25, 0.3) is 11.1 Å². The Morgan fingerprint density at radius 2 is 1.79 bits per heavy atom. The van der Waals surface area contributed by atoms with E-state index in [1.165, 1.54) is 37.1 Å². The Kier molecular flexibility index (Phi) is 7.73. The van der Waals surface area contributed by atoms with Gasteiger partial charge in [-0.1, -0.05) is 60.7 Å². The lowest BCUT2D eigenvalue weighted by Gasteiger charge is -2.29. The van der Waals surface area contributed by atoms with E-state index in [-0.39, 0.29) is 0 Å². The third-order valence-electron chi connectivity index (χ3n) is 6.56. The molecule has 5 nitrogen and oxygen atoms in total. The Balaban J connectivity index is 0.000000160. The van der Waals surface area contributed by atoms with Gasteiger partial charge in [0, 0.05) is 12.1 Å². The predicted molar refractivity (Wildman–Crippen MR) is 133 cm³/mol. The highest BCUT2D eigenvalue weighted by atomic mass is 16.5. The molecule has 3 aromatic rings. The lowest BCUT2D eigenvalue weighted by atomic mass is 9.79. The van der Waals surface area contributed by atoms with Gasteiger partial charge in [0.15, 0.2) is 0 Å². The highest BCUT2D eigenvalue weighted by Gasteiger charge is 2.27. The summed E-state index contributed by atoms with van der Waals surface area (Å²) in [7, 11) is 1.40. The second-order valence-electron chi connectivity index (χ2n) is 8.84. The Morgan fingerprint density at radius 3 is 2.48 bits per heavy atom. The first-order valence-corrected chi connectivity index (χ1v) is 11.5. The first-order chi connectivity index (χ1) is 16.1. The van der Waals surface area contributed by atoms with Crippen molar-refractivity contribution in [2.75, 3.05) is 20.1 Å². The van der Waals surface area contributed by atoms with E-state index in [0.29, 0.717) is 18.7 Å². The number of aldehydes is 1. The zero-order chi connectivity index (χ0) is 23.2. The predicted octanol–water partition coefficient (Wildman–Crippen LogP) is 3.34. The first kappa shape index (κ1) is 23.4. The standard InChI is InChI=1S/C14H11BO3.C13H20N2/c16-8-10-1-3-11(4-2-10)12-5-6-14-13(7-12)9-18-15(14)17;1-15-7-5-12(6-8-15)13-4-2-3-11(9-13)10-14/h1-8,17H,9H2;2-4,9,12H,5-8,10,14H2,1H3. The monoisotopic (exact) mass is 442 g/mol. The van der Waals surface area contributed by atoms with Crippen molar-refractivity contribution in [2.45, 2.75) is 31.9 Å². The number of hydrogen-bond acceptors (Lipinski definition) is 5. The average molecular weight is 442 g/mol. The van der Waals surface area contributed by atoms with E-state index < -0.39 is 7.12 Å². The molecule has 0 bridgehead atoms. The molecule has 1 fully saturated rings.